The summed E-state index contributed by atoms with van der Waals surface area (Å²) in [6.07, 6.45) is 7.65. The van der Waals surface area contributed by atoms with Crippen molar-refractivity contribution in [1.82, 2.24) is 0 Å². The maximum absolute atomic E-state index is 13.3. The molecule has 7 atom stereocenters. The molecule has 0 amide bonds. The SMILES string of the molecule is CCCC(=O)OCC(=O)[C@H]1CC[C@H]2[C@@H]3CCC4=CC(=O)CC[C@]4(C)[C@H]3C(O)(OCOC)C[C@]12C. The number of hydrogen-bond acceptors (Lipinski definition) is 7. The lowest BCUT2D eigenvalue weighted by Crippen LogP contribution is -2.64. The van der Waals surface area contributed by atoms with Gasteiger partial charge in [0, 0.05) is 38.2 Å². The highest BCUT2D eigenvalue weighted by Crippen LogP contribution is 2.69. The van der Waals surface area contributed by atoms with E-state index in [1.165, 1.54) is 7.11 Å². The second-order valence-electron chi connectivity index (χ2n) is 11.4. The fourth-order valence-corrected chi connectivity index (χ4v) is 8.15. The van der Waals surface area contributed by atoms with Gasteiger partial charge >= 0.3 is 5.97 Å². The van der Waals surface area contributed by atoms with Crippen LogP contribution in [-0.4, -0.2) is 48.9 Å². The van der Waals surface area contributed by atoms with E-state index in [9.17, 15) is 19.5 Å². The standard InChI is InChI=1S/C27H40O7/c1-5-6-23(30)33-14-22(29)21-10-9-20-19-8-7-17-13-18(28)11-12-25(17,2)24(19)27(31,34-16-32-4)15-26(20,21)3/h13,19-21,24,31H,5-12,14-16H2,1-4H3/t19-,20-,21+,24-,25-,26-,27?/m0/s1. The van der Waals surface area contributed by atoms with E-state index in [0.29, 0.717) is 32.1 Å². The van der Waals surface area contributed by atoms with Gasteiger partial charge in [-0.3, -0.25) is 14.4 Å². The summed E-state index contributed by atoms with van der Waals surface area (Å²) in [6, 6.07) is 0. The predicted octanol–water partition coefficient (Wildman–Crippen LogP) is 3.97. The van der Waals surface area contributed by atoms with E-state index in [0.717, 1.165) is 31.3 Å². The Balaban J connectivity index is 1.65. The molecule has 3 saturated carbocycles. The summed E-state index contributed by atoms with van der Waals surface area (Å²) in [4.78, 5) is 37.3. The molecule has 0 saturated heterocycles. The highest BCUT2D eigenvalue weighted by atomic mass is 16.7. The molecule has 0 radical (unpaired) electrons. The number of aliphatic hydroxyl groups is 1. The van der Waals surface area contributed by atoms with Crippen molar-refractivity contribution in [2.45, 2.75) is 84.3 Å². The van der Waals surface area contributed by atoms with E-state index in [2.05, 4.69) is 13.8 Å². The average Bonchev–Trinajstić information content (AvgIpc) is 3.12. The number of carbonyl (C=O) groups excluding carboxylic acids is 3. The number of methoxy groups -OCH3 is 1. The first-order valence-electron chi connectivity index (χ1n) is 12.9. The molecule has 4 aliphatic rings. The molecule has 0 aliphatic heterocycles. The fraction of sp³-hybridized carbons (Fsp3) is 0.815. The molecular formula is C27H40O7. The summed E-state index contributed by atoms with van der Waals surface area (Å²) in [5.74, 6) is -1.73. The minimum Gasteiger partial charge on any atom is -0.458 e. The van der Waals surface area contributed by atoms with Gasteiger partial charge in [0.1, 0.15) is 13.4 Å². The lowest BCUT2D eigenvalue weighted by Gasteiger charge is -2.63. The molecule has 34 heavy (non-hydrogen) atoms. The molecule has 7 nitrogen and oxygen atoms in total. The first kappa shape index (κ1) is 25.5. The maximum Gasteiger partial charge on any atom is 0.306 e. The Hall–Kier alpha value is -1.57. The molecule has 1 N–H and O–H groups in total. The third-order valence-electron chi connectivity index (χ3n) is 9.51. The molecule has 0 heterocycles. The molecule has 4 aliphatic carbocycles. The van der Waals surface area contributed by atoms with Crippen LogP contribution in [0.25, 0.3) is 0 Å². The Bertz CT molecular complexity index is 865. The van der Waals surface area contributed by atoms with Gasteiger partial charge in [0.15, 0.2) is 17.4 Å². The lowest BCUT2D eigenvalue weighted by atomic mass is 9.44. The zero-order valence-electron chi connectivity index (χ0n) is 21.1. The summed E-state index contributed by atoms with van der Waals surface area (Å²) in [6.45, 7) is 5.94. The van der Waals surface area contributed by atoms with Crippen LogP contribution < -0.4 is 0 Å². The number of allylic oxidation sites excluding steroid dienone is 1. The van der Waals surface area contributed by atoms with Gasteiger partial charge in [-0.15, -0.1) is 0 Å². The van der Waals surface area contributed by atoms with Crippen LogP contribution in [0.2, 0.25) is 0 Å². The number of rotatable bonds is 8. The number of ether oxygens (including phenoxy) is 3. The van der Waals surface area contributed by atoms with Crippen LogP contribution in [0.1, 0.15) is 78.6 Å². The van der Waals surface area contributed by atoms with E-state index in [1.807, 2.05) is 6.92 Å². The third-order valence-corrected chi connectivity index (χ3v) is 9.51. The van der Waals surface area contributed by atoms with Crippen LogP contribution in [-0.2, 0) is 28.6 Å². The Kier molecular flexibility index (Phi) is 7.11. The average molecular weight is 477 g/mol. The predicted molar refractivity (Wildman–Crippen MR) is 124 cm³/mol. The van der Waals surface area contributed by atoms with Gasteiger partial charge in [-0.05, 0) is 67.3 Å². The molecule has 0 bridgehead atoms. The molecule has 0 aromatic heterocycles. The van der Waals surface area contributed by atoms with Gasteiger partial charge in [-0.1, -0.05) is 26.3 Å². The van der Waals surface area contributed by atoms with Gasteiger partial charge in [-0.2, -0.15) is 0 Å². The molecular weight excluding hydrogens is 436 g/mol. The quantitative estimate of drug-likeness (QED) is 0.418. The Labute approximate surface area is 202 Å². The first-order chi connectivity index (χ1) is 16.1. The number of hydrogen-bond donors (Lipinski definition) is 1. The van der Waals surface area contributed by atoms with Crippen molar-refractivity contribution in [3.05, 3.63) is 11.6 Å². The van der Waals surface area contributed by atoms with Crippen molar-refractivity contribution in [3.63, 3.8) is 0 Å². The van der Waals surface area contributed by atoms with E-state index in [4.69, 9.17) is 14.2 Å². The minimum atomic E-state index is -1.47. The monoisotopic (exact) mass is 476 g/mol. The van der Waals surface area contributed by atoms with Gasteiger partial charge in [0.2, 0.25) is 0 Å². The van der Waals surface area contributed by atoms with Crippen LogP contribution in [0.15, 0.2) is 11.6 Å². The highest BCUT2D eigenvalue weighted by Gasteiger charge is 2.68. The van der Waals surface area contributed by atoms with Crippen molar-refractivity contribution in [1.29, 1.82) is 0 Å². The third kappa shape index (κ3) is 4.18. The van der Waals surface area contributed by atoms with Crippen molar-refractivity contribution >= 4 is 17.5 Å². The van der Waals surface area contributed by atoms with Crippen molar-refractivity contribution in [3.8, 4) is 0 Å². The molecule has 0 spiro atoms. The molecule has 190 valence electrons. The van der Waals surface area contributed by atoms with Gasteiger partial charge in [0.05, 0.1) is 0 Å². The second kappa shape index (κ2) is 9.47. The van der Waals surface area contributed by atoms with Crippen LogP contribution in [0.5, 0.6) is 0 Å². The first-order valence-corrected chi connectivity index (χ1v) is 12.9. The van der Waals surface area contributed by atoms with E-state index < -0.39 is 11.2 Å². The number of esters is 1. The minimum absolute atomic E-state index is 0.0399. The Morgan fingerprint density at radius 2 is 1.94 bits per heavy atom. The van der Waals surface area contributed by atoms with Gasteiger partial charge < -0.3 is 19.3 Å². The zero-order valence-corrected chi connectivity index (χ0v) is 21.1. The number of ketones is 2. The largest absolute Gasteiger partial charge is 0.458 e. The van der Waals surface area contributed by atoms with Crippen LogP contribution in [0.3, 0.4) is 0 Å². The number of fused-ring (bicyclic) bond motifs is 5. The van der Waals surface area contributed by atoms with Crippen LogP contribution in [0, 0.1) is 34.5 Å². The van der Waals surface area contributed by atoms with E-state index >= 15 is 0 Å². The molecule has 4 rings (SSSR count). The van der Waals surface area contributed by atoms with E-state index in [-0.39, 0.29) is 60.0 Å². The van der Waals surface area contributed by atoms with Crippen molar-refractivity contribution in [2.75, 3.05) is 20.5 Å². The fourth-order valence-electron chi connectivity index (χ4n) is 8.15. The highest BCUT2D eigenvalue weighted by molar-refractivity contribution is 5.91. The lowest BCUT2D eigenvalue weighted by molar-refractivity contribution is -0.335. The van der Waals surface area contributed by atoms with Crippen LogP contribution >= 0.6 is 0 Å². The van der Waals surface area contributed by atoms with E-state index in [1.54, 1.807) is 6.08 Å². The summed E-state index contributed by atoms with van der Waals surface area (Å²) in [7, 11) is 1.54. The number of Topliss-reactive ketones (excluding diaryl/α,β-unsaturated/α-hetero) is 1. The molecule has 0 aromatic carbocycles. The van der Waals surface area contributed by atoms with Gasteiger partial charge in [0.25, 0.3) is 0 Å². The van der Waals surface area contributed by atoms with Crippen molar-refractivity contribution in [2.24, 2.45) is 34.5 Å². The smallest absolute Gasteiger partial charge is 0.306 e. The summed E-state index contributed by atoms with van der Waals surface area (Å²) in [5.41, 5.74) is 0.347. The van der Waals surface area contributed by atoms with Gasteiger partial charge in [-0.25, -0.2) is 0 Å². The Morgan fingerprint density at radius 3 is 2.65 bits per heavy atom. The summed E-state index contributed by atoms with van der Waals surface area (Å²) < 4.78 is 16.6. The summed E-state index contributed by atoms with van der Waals surface area (Å²) in [5, 5.41) is 12.2. The molecule has 1 unspecified atom stereocenters. The Morgan fingerprint density at radius 1 is 1.18 bits per heavy atom. The van der Waals surface area contributed by atoms with Crippen molar-refractivity contribution < 1.29 is 33.7 Å². The molecule has 0 aromatic rings. The molecule has 7 heteroatoms. The maximum atomic E-state index is 13.3. The topological polar surface area (TPSA) is 99.1 Å². The normalized spacial score (nSPS) is 41.2. The molecule has 3 fully saturated rings. The zero-order chi connectivity index (χ0) is 24.7. The number of carbonyl (C=O) groups is 3. The summed E-state index contributed by atoms with van der Waals surface area (Å²) >= 11 is 0. The second-order valence-corrected chi connectivity index (χ2v) is 11.4. The van der Waals surface area contributed by atoms with Crippen LogP contribution in [0.4, 0.5) is 0 Å².